The molecule has 1 rings (SSSR count). The molecule has 0 saturated heterocycles. The van der Waals surface area contributed by atoms with Gasteiger partial charge in [-0.1, -0.05) is 6.07 Å². The molecule has 1 heterocycles. The number of anilines is 1. The summed E-state index contributed by atoms with van der Waals surface area (Å²) in [7, 11) is 1.68. The Balaban J connectivity index is 2.75. The summed E-state index contributed by atoms with van der Waals surface area (Å²) < 4.78 is 4.96. The fourth-order valence-corrected chi connectivity index (χ4v) is 1.05. The minimum absolute atomic E-state index is 0.609. The molecule has 3 nitrogen and oxygen atoms in total. The van der Waals surface area contributed by atoms with Gasteiger partial charge in [0.1, 0.15) is 5.82 Å². The van der Waals surface area contributed by atoms with Crippen LogP contribution >= 0.6 is 0 Å². The first-order valence-electron chi connectivity index (χ1n) is 3.94. The predicted molar refractivity (Wildman–Crippen MR) is 49.0 cm³/mol. The highest BCUT2D eigenvalue weighted by Crippen LogP contribution is 2.10. The summed E-state index contributed by atoms with van der Waals surface area (Å²) in [5.41, 5.74) is 7.86. The lowest BCUT2D eigenvalue weighted by Gasteiger charge is -2.04. The van der Waals surface area contributed by atoms with Gasteiger partial charge in [0, 0.05) is 13.3 Å². The molecule has 3 heteroatoms. The number of rotatable bonds is 3. The lowest BCUT2D eigenvalue weighted by atomic mass is 10.1. The van der Waals surface area contributed by atoms with Crippen molar-refractivity contribution < 1.29 is 4.74 Å². The van der Waals surface area contributed by atoms with Crippen molar-refractivity contribution in [1.29, 1.82) is 0 Å². The first-order chi connectivity index (χ1) is 5.74. The van der Waals surface area contributed by atoms with Crippen LogP contribution in [0.15, 0.2) is 12.3 Å². The first-order valence-corrected chi connectivity index (χ1v) is 3.94. The van der Waals surface area contributed by atoms with E-state index >= 15 is 0 Å². The molecule has 0 aromatic carbocycles. The number of nitrogens with two attached hydrogens (primary N) is 1. The molecule has 0 atom stereocenters. The van der Waals surface area contributed by atoms with E-state index in [0.717, 1.165) is 17.5 Å². The third-order valence-corrected chi connectivity index (χ3v) is 1.71. The third kappa shape index (κ3) is 2.20. The second-order valence-corrected chi connectivity index (χ2v) is 2.80. The van der Waals surface area contributed by atoms with Crippen molar-refractivity contribution in [2.75, 3.05) is 19.5 Å². The maximum Gasteiger partial charge on any atom is 0.126 e. The number of nitrogen functional groups attached to an aromatic ring is 1. The Hall–Kier alpha value is -1.09. The van der Waals surface area contributed by atoms with Crippen molar-refractivity contribution in [2.45, 2.75) is 13.3 Å². The van der Waals surface area contributed by atoms with Crippen molar-refractivity contribution in [3.8, 4) is 0 Å². The largest absolute Gasteiger partial charge is 0.384 e. The second kappa shape index (κ2) is 4.07. The zero-order valence-corrected chi connectivity index (χ0v) is 7.50. The number of aromatic nitrogens is 1. The van der Waals surface area contributed by atoms with Crippen LogP contribution in [0.1, 0.15) is 11.1 Å². The second-order valence-electron chi connectivity index (χ2n) is 2.80. The average Bonchev–Trinajstić information content (AvgIpc) is 2.07. The molecule has 2 N–H and O–H groups in total. The number of nitrogens with zero attached hydrogens (tertiary/aromatic N) is 1. The molecule has 0 aliphatic heterocycles. The lowest BCUT2D eigenvalue weighted by Crippen LogP contribution is -2.01. The highest BCUT2D eigenvalue weighted by Gasteiger charge is 1.99. The molecule has 0 fully saturated rings. The fraction of sp³-hybridized carbons (Fsp3) is 0.444. The molecule has 0 spiro atoms. The van der Waals surface area contributed by atoms with Gasteiger partial charge in [0.25, 0.3) is 0 Å². The molecular weight excluding hydrogens is 152 g/mol. The van der Waals surface area contributed by atoms with Crippen LogP contribution in [-0.2, 0) is 11.2 Å². The van der Waals surface area contributed by atoms with Crippen LogP contribution in [0.25, 0.3) is 0 Å². The van der Waals surface area contributed by atoms with Gasteiger partial charge in [0.15, 0.2) is 0 Å². The van der Waals surface area contributed by atoms with Crippen molar-refractivity contribution in [2.24, 2.45) is 0 Å². The molecule has 1 aromatic heterocycles. The maximum atomic E-state index is 5.66. The van der Waals surface area contributed by atoms with E-state index in [1.165, 1.54) is 0 Å². The average molecular weight is 166 g/mol. The Morgan fingerprint density at radius 2 is 2.33 bits per heavy atom. The van der Waals surface area contributed by atoms with E-state index in [2.05, 4.69) is 4.98 Å². The lowest BCUT2D eigenvalue weighted by molar-refractivity contribution is 0.202. The van der Waals surface area contributed by atoms with Gasteiger partial charge in [-0.3, -0.25) is 0 Å². The summed E-state index contributed by atoms with van der Waals surface area (Å²) in [6.45, 7) is 2.69. The van der Waals surface area contributed by atoms with Gasteiger partial charge in [-0.15, -0.1) is 0 Å². The molecule has 0 bridgehead atoms. The molecule has 0 aliphatic carbocycles. The number of hydrogen-bond donors (Lipinski definition) is 1. The summed E-state index contributed by atoms with van der Waals surface area (Å²) in [6.07, 6.45) is 2.60. The maximum absolute atomic E-state index is 5.66. The van der Waals surface area contributed by atoms with Crippen LogP contribution in [0.3, 0.4) is 0 Å². The van der Waals surface area contributed by atoms with Crippen LogP contribution in [0, 0.1) is 6.92 Å². The molecule has 0 saturated carbocycles. The Labute approximate surface area is 72.6 Å². The van der Waals surface area contributed by atoms with Crippen molar-refractivity contribution in [1.82, 2.24) is 4.98 Å². The topological polar surface area (TPSA) is 48.1 Å². The van der Waals surface area contributed by atoms with Crippen LogP contribution in [0.5, 0.6) is 0 Å². The van der Waals surface area contributed by atoms with Gasteiger partial charge in [0.05, 0.1) is 6.61 Å². The molecule has 0 aliphatic rings. The van der Waals surface area contributed by atoms with Crippen molar-refractivity contribution in [3.05, 3.63) is 23.4 Å². The normalized spacial score (nSPS) is 10.2. The van der Waals surface area contributed by atoms with Gasteiger partial charge >= 0.3 is 0 Å². The zero-order valence-electron chi connectivity index (χ0n) is 7.50. The van der Waals surface area contributed by atoms with E-state index in [0.29, 0.717) is 12.4 Å². The molecule has 12 heavy (non-hydrogen) atoms. The number of hydrogen-bond acceptors (Lipinski definition) is 3. The summed E-state index contributed by atoms with van der Waals surface area (Å²) in [5.74, 6) is 0.609. The number of ether oxygens (including phenoxy) is 1. The van der Waals surface area contributed by atoms with Gasteiger partial charge in [-0.2, -0.15) is 0 Å². The zero-order chi connectivity index (χ0) is 8.97. The van der Waals surface area contributed by atoms with E-state index < -0.39 is 0 Å². The first kappa shape index (κ1) is 9.00. The molecule has 1 aromatic rings. The summed E-state index contributed by atoms with van der Waals surface area (Å²) in [6, 6.07) is 2.04. The fourth-order valence-electron chi connectivity index (χ4n) is 1.05. The van der Waals surface area contributed by atoms with E-state index in [4.69, 9.17) is 10.5 Å². The van der Waals surface area contributed by atoms with Crippen LogP contribution in [-0.4, -0.2) is 18.7 Å². The quantitative estimate of drug-likeness (QED) is 0.733. The van der Waals surface area contributed by atoms with Crippen molar-refractivity contribution in [3.63, 3.8) is 0 Å². The van der Waals surface area contributed by atoms with E-state index in [1.54, 1.807) is 13.3 Å². The molecule has 0 unspecified atom stereocenters. The number of pyridine rings is 1. The highest BCUT2D eigenvalue weighted by molar-refractivity contribution is 5.40. The van der Waals surface area contributed by atoms with Gasteiger partial charge in [0.2, 0.25) is 0 Å². The van der Waals surface area contributed by atoms with Gasteiger partial charge in [-0.05, 0) is 24.5 Å². The van der Waals surface area contributed by atoms with Crippen LogP contribution < -0.4 is 5.73 Å². The summed E-state index contributed by atoms with van der Waals surface area (Å²) >= 11 is 0. The van der Waals surface area contributed by atoms with E-state index in [1.807, 2.05) is 13.0 Å². The Morgan fingerprint density at radius 1 is 1.58 bits per heavy atom. The highest BCUT2D eigenvalue weighted by atomic mass is 16.5. The monoisotopic (exact) mass is 166 g/mol. The Bertz CT molecular complexity index is 261. The Kier molecular flexibility index (Phi) is 3.05. The SMILES string of the molecule is COCCc1cc(C)cnc1N. The third-order valence-electron chi connectivity index (χ3n) is 1.71. The number of aryl methyl sites for hydroxylation is 1. The van der Waals surface area contributed by atoms with Crippen molar-refractivity contribution >= 4 is 5.82 Å². The van der Waals surface area contributed by atoms with E-state index in [9.17, 15) is 0 Å². The molecular formula is C9H14N2O. The summed E-state index contributed by atoms with van der Waals surface area (Å²) in [4.78, 5) is 4.05. The Morgan fingerprint density at radius 3 is 3.00 bits per heavy atom. The minimum Gasteiger partial charge on any atom is -0.384 e. The summed E-state index contributed by atoms with van der Waals surface area (Å²) in [5, 5.41) is 0. The molecule has 66 valence electrons. The van der Waals surface area contributed by atoms with Gasteiger partial charge in [-0.25, -0.2) is 4.98 Å². The standard InChI is InChI=1S/C9H14N2O/c1-7-5-8(3-4-12-2)9(10)11-6-7/h5-6H,3-4H2,1-2H3,(H2,10,11). The van der Waals surface area contributed by atoms with E-state index in [-0.39, 0.29) is 0 Å². The smallest absolute Gasteiger partial charge is 0.126 e. The predicted octanol–water partition coefficient (Wildman–Crippen LogP) is 1.16. The molecule has 0 amide bonds. The van der Waals surface area contributed by atoms with Gasteiger partial charge < -0.3 is 10.5 Å². The molecule has 0 radical (unpaired) electrons. The minimum atomic E-state index is 0.609. The number of methoxy groups -OCH3 is 1. The van der Waals surface area contributed by atoms with Crippen LogP contribution in [0.4, 0.5) is 5.82 Å². The van der Waals surface area contributed by atoms with Crippen LogP contribution in [0.2, 0.25) is 0 Å².